The van der Waals surface area contributed by atoms with Crippen LogP contribution >= 0.6 is 0 Å². The number of carbonyl (C=O) groups excluding carboxylic acids is 1. The first-order chi connectivity index (χ1) is 9.81. The highest BCUT2D eigenvalue weighted by Crippen LogP contribution is 2.22. The summed E-state index contributed by atoms with van der Waals surface area (Å²) in [6.07, 6.45) is -0.393. The number of carboxylic acid groups (broad SMARTS) is 1. The number of hydrogen-bond acceptors (Lipinski definition) is 4. The summed E-state index contributed by atoms with van der Waals surface area (Å²) in [6, 6.07) is 4.54. The van der Waals surface area contributed by atoms with E-state index in [1.54, 1.807) is 6.92 Å². The Labute approximate surface area is 124 Å². The minimum absolute atomic E-state index is 0.267. The maximum atomic E-state index is 11.7. The van der Waals surface area contributed by atoms with Gasteiger partial charge in [-0.05, 0) is 31.9 Å². The van der Waals surface area contributed by atoms with Gasteiger partial charge in [-0.1, -0.05) is 18.2 Å². The lowest BCUT2D eigenvalue weighted by Crippen LogP contribution is -2.47. The molecular formula is C15H22N2O4. The predicted octanol–water partition coefficient (Wildman–Crippen LogP) is 0.989. The van der Waals surface area contributed by atoms with Crippen molar-refractivity contribution in [1.82, 2.24) is 5.32 Å². The van der Waals surface area contributed by atoms with Gasteiger partial charge in [0.25, 0.3) is 0 Å². The van der Waals surface area contributed by atoms with Gasteiger partial charge in [0.15, 0.2) is 0 Å². The number of hydrogen-bond donors (Lipinski definition) is 3. The van der Waals surface area contributed by atoms with Crippen molar-refractivity contribution in [3.63, 3.8) is 0 Å². The minimum Gasteiger partial charge on any atom is -0.491 e. The van der Waals surface area contributed by atoms with Crippen LogP contribution in [0.25, 0.3) is 0 Å². The minimum atomic E-state index is -1.10. The third-order valence-corrected chi connectivity index (χ3v) is 3.01. The van der Waals surface area contributed by atoms with E-state index in [0.29, 0.717) is 0 Å². The summed E-state index contributed by atoms with van der Waals surface area (Å²) in [5.74, 6) is -0.791. The molecule has 0 aliphatic heterocycles. The van der Waals surface area contributed by atoms with Gasteiger partial charge in [0.1, 0.15) is 12.4 Å². The van der Waals surface area contributed by atoms with Crippen LogP contribution in [0.4, 0.5) is 0 Å². The second kappa shape index (κ2) is 7.64. The molecule has 2 atom stereocenters. The van der Waals surface area contributed by atoms with Gasteiger partial charge in [-0.3, -0.25) is 9.59 Å². The van der Waals surface area contributed by atoms with Crippen molar-refractivity contribution in [2.75, 3.05) is 6.61 Å². The van der Waals surface area contributed by atoms with Crippen molar-refractivity contribution in [3.05, 3.63) is 29.3 Å². The molecule has 0 aliphatic rings. The van der Waals surface area contributed by atoms with Crippen LogP contribution in [0, 0.1) is 13.8 Å². The zero-order chi connectivity index (χ0) is 16.0. The second-order valence-corrected chi connectivity index (χ2v) is 5.15. The molecule has 0 aliphatic carbocycles. The lowest BCUT2D eigenvalue weighted by molar-refractivity contribution is -0.139. The molecule has 0 radical (unpaired) electrons. The normalized spacial score (nSPS) is 13.3. The van der Waals surface area contributed by atoms with Crippen LogP contribution < -0.4 is 15.8 Å². The van der Waals surface area contributed by atoms with Crippen LogP contribution in [0.15, 0.2) is 18.2 Å². The van der Waals surface area contributed by atoms with Crippen LogP contribution in [0.3, 0.4) is 0 Å². The molecule has 0 bridgehead atoms. The van der Waals surface area contributed by atoms with Crippen LogP contribution in [-0.4, -0.2) is 35.7 Å². The molecule has 0 aromatic heterocycles. The topological polar surface area (TPSA) is 102 Å². The average molecular weight is 294 g/mol. The fraction of sp³-hybridized carbons (Fsp3) is 0.467. The number of aliphatic carboxylic acids is 1. The maximum Gasteiger partial charge on any atom is 0.305 e. The van der Waals surface area contributed by atoms with Crippen molar-refractivity contribution in [2.24, 2.45) is 5.73 Å². The van der Waals surface area contributed by atoms with Crippen LogP contribution in [0.1, 0.15) is 24.5 Å². The molecule has 6 nitrogen and oxygen atoms in total. The van der Waals surface area contributed by atoms with Crippen LogP contribution in [0.2, 0.25) is 0 Å². The number of carboxylic acids is 1. The van der Waals surface area contributed by atoms with Gasteiger partial charge in [-0.2, -0.15) is 0 Å². The zero-order valence-corrected chi connectivity index (χ0v) is 12.6. The number of carbonyl (C=O) groups is 2. The van der Waals surface area contributed by atoms with E-state index in [4.69, 9.17) is 15.6 Å². The highest BCUT2D eigenvalue weighted by molar-refractivity contribution is 5.86. The van der Waals surface area contributed by atoms with Crippen molar-refractivity contribution in [2.45, 2.75) is 39.3 Å². The van der Waals surface area contributed by atoms with E-state index in [1.165, 1.54) is 0 Å². The summed E-state index contributed by atoms with van der Waals surface area (Å²) in [5, 5.41) is 11.2. The fourth-order valence-corrected chi connectivity index (χ4v) is 1.91. The number of nitrogens with one attached hydrogen (secondary N) is 1. The van der Waals surface area contributed by atoms with Gasteiger partial charge >= 0.3 is 5.97 Å². The first-order valence-corrected chi connectivity index (χ1v) is 6.78. The largest absolute Gasteiger partial charge is 0.491 e. The predicted molar refractivity (Wildman–Crippen MR) is 79.2 cm³/mol. The summed E-state index contributed by atoms with van der Waals surface area (Å²) < 4.78 is 5.72. The number of aryl methyl sites for hydroxylation is 2. The molecule has 1 aromatic carbocycles. The highest BCUT2D eigenvalue weighted by atomic mass is 16.5. The molecule has 2 unspecified atom stereocenters. The third-order valence-electron chi connectivity index (χ3n) is 3.01. The van der Waals surface area contributed by atoms with E-state index in [9.17, 15) is 9.59 Å². The lowest BCUT2D eigenvalue weighted by Gasteiger charge is -2.19. The first-order valence-electron chi connectivity index (χ1n) is 6.78. The van der Waals surface area contributed by atoms with Crippen molar-refractivity contribution in [1.29, 1.82) is 0 Å². The molecule has 0 fully saturated rings. The Morgan fingerprint density at radius 2 is 1.90 bits per heavy atom. The van der Waals surface area contributed by atoms with E-state index in [1.807, 2.05) is 32.0 Å². The molecule has 0 heterocycles. The number of amides is 1. The smallest absolute Gasteiger partial charge is 0.305 e. The number of nitrogens with two attached hydrogens (primary N) is 1. The van der Waals surface area contributed by atoms with Gasteiger partial charge in [0, 0.05) is 0 Å². The molecule has 1 amide bonds. The lowest BCUT2D eigenvalue weighted by atomic mass is 10.1. The number of ether oxygens (including phenoxy) is 1. The van der Waals surface area contributed by atoms with Crippen molar-refractivity contribution < 1.29 is 19.4 Å². The molecular weight excluding hydrogens is 272 g/mol. The maximum absolute atomic E-state index is 11.7. The fourth-order valence-electron chi connectivity index (χ4n) is 1.91. The second-order valence-electron chi connectivity index (χ2n) is 5.15. The zero-order valence-electron chi connectivity index (χ0n) is 12.6. The molecule has 4 N–H and O–H groups in total. The summed E-state index contributed by atoms with van der Waals surface area (Å²) in [6.45, 7) is 5.97. The Hall–Kier alpha value is -2.08. The van der Waals surface area contributed by atoms with Crippen LogP contribution in [-0.2, 0) is 9.59 Å². The highest BCUT2D eigenvalue weighted by Gasteiger charge is 2.19. The third kappa shape index (κ3) is 5.43. The van der Waals surface area contributed by atoms with E-state index >= 15 is 0 Å². The Morgan fingerprint density at radius 3 is 2.43 bits per heavy atom. The summed E-state index contributed by atoms with van der Waals surface area (Å²) in [5.41, 5.74) is 7.54. The van der Waals surface area contributed by atoms with Crippen molar-refractivity contribution in [3.8, 4) is 5.75 Å². The molecule has 1 aromatic rings. The Kier molecular flexibility index (Phi) is 6.17. The Morgan fingerprint density at radius 1 is 1.33 bits per heavy atom. The van der Waals surface area contributed by atoms with Crippen molar-refractivity contribution >= 4 is 11.9 Å². The van der Waals surface area contributed by atoms with Gasteiger partial charge < -0.3 is 20.9 Å². The Balaban J connectivity index is 2.49. The van der Waals surface area contributed by atoms with E-state index in [2.05, 4.69) is 5.32 Å². The number of benzene rings is 1. The molecule has 116 valence electrons. The van der Waals surface area contributed by atoms with Gasteiger partial charge in [-0.15, -0.1) is 0 Å². The SMILES string of the molecule is Cc1cccc(C)c1OCC(C)NC(=O)C(N)CC(=O)O. The Bertz CT molecular complexity index is 496. The summed E-state index contributed by atoms with van der Waals surface area (Å²) >= 11 is 0. The van der Waals surface area contributed by atoms with E-state index < -0.39 is 24.3 Å². The molecule has 21 heavy (non-hydrogen) atoms. The standard InChI is InChI=1S/C15H22N2O4/c1-9-5-4-6-10(2)14(9)21-8-11(3)17-15(20)12(16)7-13(18)19/h4-6,11-12H,7-8,16H2,1-3H3,(H,17,20)(H,18,19). The summed E-state index contributed by atoms with van der Waals surface area (Å²) in [4.78, 5) is 22.2. The van der Waals surface area contributed by atoms with E-state index in [-0.39, 0.29) is 12.6 Å². The summed E-state index contributed by atoms with van der Waals surface area (Å²) in [7, 11) is 0. The quantitative estimate of drug-likeness (QED) is 0.696. The molecule has 0 spiro atoms. The number of para-hydroxylation sites is 1. The van der Waals surface area contributed by atoms with Gasteiger partial charge in [0.2, 0.25) is 5.91 Å². The van der Waals surface area contributed by atoms with Gasteiger partial charge in [0.05, 0.1) is 18.5 Å². The van der Waals surface area contributed by atoms with Gasteiger partial charge in [-0.25, -0.2) is 0 Å². The molecule has 1 rings (SSSR count). The molecule has 6 heteroatoms. The number of rotatable bonds is 7. The van der Waals surface area contributed by atoms with Crippen LogP contribution in [0.5, 0.6) is 5.75 Å². The molecule has 0 saturated heterocycles. The average Bonchev–Trinajstić information content (AvgIpc) is 2.37. The first kappa shape index (κ1) is 17.0. The molecule has 0 saturated carbocycles. The van der Waals surface area contributed by atoms with E-state index in [0.717, 1.165) is 16.9 Å². The monoisotopic (exact) mass is 294 g/mol.